The van der Waals surface area contributed by atoms with Gasteiger partial charge < -0.3 is 34.8 Å². The number of nitrogens with one attached hydrogen (secondary N) is 1. The van der Waals surface area contributed by atoms with Gasteiger partial charge in [0.1, 0.15) is 30.5 Å². The van der Waals surface area contributed by atoms with Crippen LogP contribution in [0.5, 0.6) is 0 Å². The third-order valence-electron chi connectivity index (χ3n) is 5.87. The molecule has 190 valence electrons. The van der Waals surface area contributed by atoms with Crippen molar-refractivity contribution in [3.63, 3.8) is 0 Å². The Bertz CT molecular complexity index is 1440. The molecule has 0 radical (unpaired) electrons. The van der Waals surface area contributed by atoms with Crippen molar-refractivity contribution in [2.45, 2.75) is 31.1 Å². The van der Waals surface area contributed by atoms with Crippen molar-refractivity contribution in [3.8, 4) is 0 Å². The van der Waals surface area contributed by atoms with Gasteiger partial charge in [-0.1, -0.05) is 42.5 Å². The van der Waals surface area contributed by atoms with Crippen LogP contribution in [0.2, 0.25) is 5.28 Å². The molecule has 3 heterocycles. The first kappa shape index (κ1) is 25.0. The van der Waals surface area contributed by atoms with Gasteiger partial charge in [0.05, 0.1) is 18.2 Å². The van der Waals surface area contributed by atoms with E-state index in [1.54, 1.807) is 0 Å². The molecule has 0 unspecified atom stereocenters. The molecular weight excluding hydrogens is 513 g/mol. The first-order valence-corrected chi connectivity index (χ1v) is 13.1. The molecule has 2 aromatic carbocycles. The third-order valence-corrected chi connectivity index (χ3v) is 6.56. The van der Waals surface area contributed by atoms with E-state index in [2.05, 4.69) is 20.4 Å². The molecule has 14 heteroatoms. The van der Waals surface area contributed by atoms with Crippen LogP contribution in [0.1, 0.15) is 11.8 Å². The topological polar surface area (TPSA) is 172 Å². The Kier molecular flexibility index (Phi) is 6.95. The molecule has 0 aliphatic carbocycles. The Morgan fingerprint density at radius 2 is 1.86 bits per heavy atom. The number of halogens is 1. The minimum absolute atomic E-state index is 0.0563. The number of hydrogen-bond acceptors (Lipinski definition) is 9. The first-order valence-electron chi connectivity index (χ1n) is 11.0. The molecule has 2 aromatic heterocycles. The Morgan fingerprint density at radius 1 is 1.08 bits per heavy atom. The molecule has 1 aliphatic rings. The van der Waals surface area contributed by atoms with Crippen molar-refractivity contribution in [1.82, 2.24) is 19.7 Å². The van der Waals surface area contributed by atoms with Gasteiger partial charge in [-0.25, -0.2) is 4.68 Å². The lowest BCUT2D eigenvalue weighted by Gasteiger charge is -2.16. The molecule has 4 atom stereocenters. The molecular formula is C22H23ClN5O7P. The molecule has 5 N–H and O–H groups in total. The number of benzene rings is 2. The van der Waals surface area contributed by atoms with Crippen molar-refractivity contribution in [2.75, 3.05) is 18.3 Å². The molecule has 4 aromatic rings. The summed E-state index contributed by atoms with van der Waals surface area (Å²) in [7, 11) is -4.39. The zero-order valence-electron chi connectivity index (χ0n) is 18.7. The highest BCUT2D eigenvalue weighted by Crippen LogP contribution is 2.36. The van der Waals surface area contributed by atoms with Gasteiger partial charge in [0, 0.05) is 6.54 Å². The van der Waals surface area contributed by atoms with E-state index in [4.69, 9.17) is 30.9 Å². The van der Waals surface area contributed by atoms with Crippen LogP contribution in [0, 0.1) is 0 Å². The maximum Gasteiger partial charge on any atom is 0.350 e. The minimum Gasteiger partial charge on any atom is -0.387 e. The fourth-order valence-corrected chi connectivity index (χ4v) is 4.71. The standard InChI is InChI=1S/C22H23ClN5O7P/c23-22-26-19(24-8-13-6-3-5-12-4-1-2-7-14(12)13)15-9-25-28(20(15)27-22)21-18(30)17(29)16(35-21)10-34-11-36(31,32)33/h1-7,9,16-18,21,29-30H,8,10-11H2,(H,24,26,27)(H2,31,32,33)/t16-,17-,18-,21-/m1/s1. The summed E-state index contributed by atoms with van der Waals surface area (Å²) in [4.78, 5) is 26.4. The number of rotatable bonds is 8. The van der Waals surface area contributed by atoms with Gasteiger partial charge in [-0.3, -0.25) is 4.57 Å². The summed E-state index contributed by atoms with van der Waals surface area (Å²) in [6.45, 7) is 0.113. The summed E-state index contributed by atoms with van der Waals surface area (Å²) in [5, 5.41) is 31.2. The van der Waals surface area contributed by atoms with E-state index in [1.165, 1.54) is 10.9 Å². The molecule has 0 amide bonds. The van der Waals surface area contributed by atoms with E-state index >= 15 is 0 Å². The summed E-state index contributed by atoms with van der Waals surface area (Å²) in [5.41, 5.74) is 1.32. The molecule has 5 rings (SSSR count). The smallest absolute Gasteiger partial charge is 0.350 e. The number of aromatic nitrogens is 4. The van der Waals surface area contributed by atoms with Gasteiger partial charge in [-0.2, -0.15) is 15.1 Å². The van der Waals surface area contributed by atoms with Gasteiger partial charge in [0.25, 0.3) is 0 Å². The largest absolute Gasteiger partial charge is 0.387 e. The molecule has 0 saturated carbocycles. The molecule has 1 saturated heterocycles. The van der Waals surface area contributed by atoms with Gasteiger partial charge in [-0.15, -0.1) is 0 Å². The lowest BCUT2D eigenvalue weighted by molar-refractivity contribution is -0.0658. The van der Waals surface area contributed by atoms with E-state index in [0.29, 0.717) is 17.7 Å². The average Bonchev–Trinajstić information content (AvgIpc) is 3.37. The highest BCUT2D eigenvalue weighted by molar-refractivity contribution is 7.51. The second kappa shape index (κ2) is 10.0. The number of nitrogens with zero attached hydrogens (tertiary/aromatic N) is 4. The summed E-state index contributed by atoms with van der Waals surface area (Å²) in [6.07, 6.45) is -4.31. The third kappa shape index (κ3) is 5.08. The normalized spacial score (nSPS) is 22.5. The number of aliphatic hydroxyl groups is 2. The molecule has 12 nitrogen and oxygen atoms in total. The van der Waals surface area contributed by atoms with Gasteiger partial charge in [0.2, 0.25) is 5.28 Å². The lowest BCUT2D eigenvalue weighted by atomic mass is 10.0. The molecule has 0 bridgehead atoms. The lowest BCUT2D eigenvalue weighted by Crippen LogP contribution is -2.34. The summed E-state index contributed by atoms with van der Waals surface area (Å²) in [6, 6.07) is 14.1. The van der Waals surface area contributed by atoms with Crippen molar-refractivity contribution >= 4 is 46.8 Å². The monoisotopic (exact) mass is 535 g/mol. The summed E-state index contributed by atoms with van der Waals surface area (Å²) < 4.78 is 22.9. The quantitative estimate of drug-likeness (QED) is 0.165. The highest BCUT2D eigenvalue weighted by Gasteiger charge is 2.45. The average molecular weight is 536 g/mol. The van der Waals surface area contributed by atoms with Crippen LogP contribution in [-0.4, -0.2) is 71.0 Å². The molecule has 0 spiro atoms. The summed E-state index contributed by atoms with van der Waals surface area (Å²) >= 11 is 6.19. The first-order chi connectivity index (χ1) is 17.2. The van der Waals surface area contributed by atoms with E-state index < -0.39 is 38.5 Å². The Hall–Kier alpha value is -2.67. The predicted octanol–water partition coefficient (Wildman–Crippen LogP) is 2.02. The zero-order valence-corrected chi connectivity index (χ0v) is 20.3. The maximum absolute atomic E-state index is 11.0. The van der Waals surface area contributed by atoms with Crippen LogP contribution in [-0.2, 0) is 20.6 Å². The maximum atomic E-state index is 11.0. The SMILES string of the molecule is O=P(O)(O)COC[C@H]1O[C@@H](n2ncc3c(NCc4cccc5ccccc45)nc(Cl)nc32)[C@H](O)[C@@H]1O. The fourth-order valence-electron chi connectivity index (χ4n) is 4.20. The Morgan fingerprint density at radius 3 is 2.67 bits per heavy atom. The van der Waals surface area contributed by atoms with Crippen LogP contribution in [0.15, 0.2) is 48.7 Å². The summed E-state index contributed by atoms with van der Waals surface area (Å²) in [5.74, 6) is 0.429. The van der Waals surface area contributed by atoms with Crippen molar-refractivity contribution < 1.29 is 34.0 Å². The van der Waals surface area contributed by atoms with Crippen LogP contribution >= 0.6 is 19.2 Å². The second-order valence-corrected chi connectivity index (χ2v) is 10.3. The Balaban J connectivity index is 1.38. The van der Waals surface area contributed by atoms with Crippen molar-refractivity contribution in [1.29, 1.82) is 0 Å². The van der Waals surface area contributed by atoms with Crippen molar-refractivity contribution in [2.24, 2.45) is 0 Å². The van der Waals surface area contributed by atoms with E-state index in [1.807, 2.05) is 42.5 Å². The van der Waals surface area contributed by atoms with E-state index in [-0.39, 0.29) is 17.5 Å². The van der Waals surface area contributed by atoms with E-state index in [0.717, 1.165) is 16.3 Å². The Labute approximate surface area is 209 Å². The molecule has 1 fully saturated rings. The van der Waals surface area contributed by atoms with Crippen LogP contribution in [0.4, 0.5) is 5.82 Å². The van der Waals surface area contributed by atoms with Gasteiger partial charge in [0.15, 0.2) is 11.9 Å². The van der Waals surface area contributed by atoms with E-state index in [9.17, 15) is 14.8 Å². The fraction of sp³-hybridized carbons (Fsp3) is 0.318. The van der Waals surface area contributed by atoms with Crippen molar-refractivity contribution in [3.05, 3.63) is 59.5 Å². The number of hydrogen-bond donors (Lipinski definition) is 5. The predicted molar refractivity (Wildman–Crippen MR) is 130 cm³/mol. The minimum atomic E-state index is -4.39. The van der Waals surface area contributed by atoms with Gasteiger partial charge in [-0.05, 0) is 27.9 Å². The second-order valence-electron chi connectivity index (χ2n) is 8.37. The van der Waals surface area contributed by atoms with Crippen LogP contribution in [0.3, 0.4) is 0 Å². The van der Waals surface area contributed by atoms with Crippen LogP contribution < -0.4 is 5.32 Å². The van der Waals surface area contributed by atoms with Crippen LogP contribution in [0.25, 0.3) is 21.8 Å². The zero-order chi connectivity index (χ0) is 25.4. The number of fused-ring (bicyclic) bond motifs is 2. The number of ether oxygens (including phenoxy) is 2. The molecule has 1 aliphatic heterocycles. The van der Waals surface area contributed by atoms with Gasteiger partial charge >= 0.3 is 7.60 Å². The number of anilines is 1. The highest BCUT2D eigenvalue weighted by atomic mass is 35.5. The number of aliphatic hydroxyl groups excluding tert-OH is 2. The molecule has 36 heavy (non-hydrogen) atoms.